The van der Waals surface area contributed by atoms with Gasteiger partial charge in [0.1, 0.15) is 0 Å². The highest BCUT2D eigenvalue weighted by Gasteiger charge is 2.22. The Balaban J connectivity index is 1.77. The van der Waals surface area contributed by atoms with Crippen molar-refractivity contribution in [2.24, 2.45) is 0 Å². The normalized spacial score (nSPS) is 15.4. The minimum absolute atomic E-state index is 0.0100. The number of carbonyl (C=O) groups excluding carboxylic acids is 1. The van der Waals surface area contributed by atoms with E-state index in [0.29, 0.717) is 26.2 Å². The fourth-order valence-electron chi connectivity index (χ4n) is 2.55. The van der Waals surface area contributed by atoms with Crippen LogP contribution in [0.1, 0.15) is 28.8 Å². The summed E-state index contributed by atoms with van der Waals surface area (Å²) in [4.78, 5) is 24.8. The highest BCUT2D eigenvalue weighted by Crippen LogP contribution is 2.14. The molecule has 1 aliphatic rings. The van der Waals surface area contributed by atoms with Crippen LogP contribution < -0.4 is 5.32 Å². The van der Waals surface area contributed by atoms with E-state index in [2.05, 4.69) is 5.32 Å². The van der Waals surface area contributed by atoms with E-state index in [0.717, 1.165) is 18.4 Å². The van der Waals surface area contributed by atoms with Gasteiger partial charge in [-0.2, -0.15) is 0 Å². The number of nitrogens with one attached hydrogen (secondary N) is 1. The summed E-state index contributed by atoms with van der Waals surface area (Å²) in [5, 5.41) is 20.5. The molecule has 0 radical (unpaired) electrons. The molecule has 0 spiro atoms. The average Bonchev–Trinajstić information content (AvgIpc) is 2.58. The maximum absolute atomic E-state index is 12.1. The van der Waals surface area contributed by atoms with Gasteiger partial charge in [-0.05, 0) is 30.5 Å². The van der Waals surface area contributed by atoms with Crippen molar-refractivity contribution in [3.05, 3.63) is 35.4 Å². The van der Waals surface area contributed by atoms with Crippen LogP contribution in [0.3, 0.4) is 0 Å². The van der Waals surface area contributed by atoms with Crippen LogP contribution in [0.15, 0.2) is 24.3 Å². The maximum atomic E-state index is 12.1. The van der Waals surface area contributed by atoms with Crippen molar-refractivity contribution in [3.8, 4) is 0 Å². The fourth-order valence-corrected chi connectivity index (χ4v) is 2.55. The number of aliphatic hydroxyl groups is 1. The zero-order chi connectivity index (χ0) is 16.7. The predicted octanol–water partition coefficient (Wildman–Crippen LogP) is 1.07. The van der Waals surface area contributed by atoms with E-state index in [1.165, 1.54) is 6.07 Å². The number of carboxylic acids is 1. The summed E-state index contributed by atoms with van der Waals surface area (Å²) < 4.78 is 5.46. The number of hydrogen-bond donors (Lipinski definition) is 3. The van der Waals surface area contributed by atoms with Crippen LogP contribution in [0.2, 0.25) is 0 Å². The van der Waals surface area contributed by atoms with Gasteiger partial charge in [0.05, 0.1) is 24.9 Å². The van der Waals surface area contributed by atoms with E-state index >= 15 is 0 Å². The number of ether oxygens (including phenoxy) is 1. The molecular weight excluding hydrogens is 300 g/mol. The number of benzene rings is 1. The van der Waals surface area contributed by atoms with E-state index in [1.807, 2.05) is 0 Å². The number of aromatic carboxylic acids is 1. The molecule has 1 fully saturated rings. The topological polar surface area (TPSA) is 99.1 Å². The first-order valence-corrected chi connectivity index (χ1v) is 7.67. The van der Waals surface area contributed by atoms with Crippen LogP contribution in [-0.2, 0) is 11.3 Å². The molecule has 0 aliphatic carbocycles. The van der Waals surface area contributed by atoms with Gasteiger partial charge in [-0.1, -0.05) is 12.1 Å². The van der Waals surface area contributed by atoms with Gasteiger partial charge >= 0.3 is 12.0 Å². The number of nitrogens with zero attached hydrogens (tertiary/aromatic N) is 1. The molecule has 23 heavy (non-hydrogen) atoms. The first kappa shape index (κ1) is 17.2. The number of piperidine rings is 1. The summed E-state index contributed by atoms with van der Waals surface area (Å²) in [6, 6.07) is 6.35. The molecule has 0 saturated carbocycles. The van der Waals surface area contributed by atoms with Crippen molar-refractivity contribution in [2.45, 2.75) is 25.5 Å². The van der Waals surface area contributed by atoms with Crippen molar-refractivity contribution in [1.82, 2.24) is 10.2 Å². The Morgan fingerprint density at radius 2 is 2.04 bits per heavy atom. The van der Waals surface area contributed by atoms with Crippen LogP contribution in [0.25, 0.3) is 0 Å². The Hall–Kier alpha value is -2.12. The number of likely N-dealkylation sites (tertiary alicyclic amines) is 1. The third kappa shape index (κ3) is 5.22. The fraction of sp³-hybridized carbons (Fsp3) is 0.500. The smallest absolute Gasteiger partial charge is 0.335 e. The molecule has 1 aromatic carbocycles. The molecule has 0 atom stereocenters. The zero-order valence-electron chi connectivity index (χ0n) is 12.9. The van der Waals surface area contributed by atoms with Crippen LogP contribution in [0, 0.1) is 0 Å². The lowest BCUT2D eigenvalue weighted by Gasteiger charge is -2.31. The standard InChI is InChI=1S/C16H22N2O5/c19-8-9-23-14-4-6-18(7-5-14)16(22)17-11-12-2-1-3-13(10-12)15(20)21/h1-3,10,14,19H,4-9,11H2,(H,17,22)(H,20,21). The van der Waals surface area contributed by atoms with Crippen molar-refractivity contribution < 1.29 is 24.5 Å². The van der Waals surface area contributed by atoms with Gasteiger partial charge in [-0.25, -0.2) is 9.59 Å². The second-order valence-corrected chi connectivity index (χ2v) is 5.45. The Bertz CT molecular complexity index is 541. The minimum Gasteiger partial charge on any atom is -0.478 e. The van der Waals surface area contributed by atoms with E-state index in [1.54, 1.807) is 23.1 Å². The molecule has 7 nitrogen and oxygen atoms in total. The molecule has 1 aromatic rings. The zero-order valence-corrected chi connectivity index (χ0v) is 12.9. The van der Waals surface area contributed by atoms with Gasteiger partial charge < -0.3 is 25.2 Å². The van der Waals surface area contributed by atoms with Crippen LogP contribution in [-0.4, -0.2) is 59.5 Å². The second kappa shape index (κ2) is 8.50. The third-order valence-corrected chi connectivity index (χ3v) is 3.79. The molecule has 2 rings (SSSR count). The average molecular weight is 322 g/mol. The van der Waals surface area contributed by atoms with E-state index < -0.39 is 5.97 Å². The molecule has 126 valence electrons. The number of rotatable bonds is 6. The summed E-state index contributed by atoms with van der Waals surface area (Å²) in [5.41, 5.74) is 0.956. The lowest BCUT2D eigenvalue weighted by Crippen LogP contribution is -2.45. The maximum Gasteiger partial charge on any atom is 0.335 e. The number of aliphatic hydroxyl groups excluding tert-OH is 1. The van der Waals surface area contributed by atoms with Gasteiger partial charge in [0.25, 0.3) is 0 Å². The number of hydrogen-bond acceptors (Lipinski definition) is 4. The lowest BCUT2D eigenvalue weighted by atomic mass is 10.1. The van der Waals surface area contributed by atoms with Crippen LogP contribution >= 0.6 is 0 Å². The molecule has 3 N–H and O–H groups in total. The first-order valence-electron chi connectivity index (χ1n) is 7.67. The molecule has 7 heteroatoms. The molecule has 2 amide bonds. The van der Waals surface area contributed by atoms with Crippen LogP contribution in [0.4, 0.5) is 4.79 Å². The van der Waals surface area contributed by atoms with Gasteiger partial charge in [0, 0.05) is 19.6 Å². The van der Waals surface area contributed by atoms with Gasteiger partial charge in [0.2, 0.25) is 0 Å². The van der Waals surface area contributed by atoms with Gasteiger partial charge in [0.15, 0.2) is 0 Å². The Morgan fingerprint density at radius 1 is 1.30 bits per heavy atom. The van der Waals surface area contributed by atoms with Crippen molar-refractivity contribution >= 4 is 12.0 Å². The molecule has 0 unspecified atom stereocenters. The van der Waals surface area contributed by atoms with Crippen LogP contribution in [0.5, 0.6) is 0 Å². The summed E-state index contributed by atoms with van der Waals surface area (Å²) >= 11 is 0. The van der Waals surface area contributed by atoms with Crippen molar-refractivity contribution in [1.29, 1.82) is 0 Å². The Labute approximate surface area is 134 Å². The number of amides is 2. The molecule has 1 aliphatic heterocycles. The third-order valence-electron chi connectivity index (χ3n) is 3.79. The molecule has 0 aromatic heterocycles. The highest BCUT2D eigenvalue weighted by molar-refractivity contribution is 5.87. The molecular formula is C16H22N2O5. The molecule has 1 saturated heterocycles. The quantitative estimate of drug-likeness (QED) is 0.727. The summed E-state index contributed by atoms with van der Waals surface area (Å²) in [5.74, 6) is -0.983. The lowest BCUT2D eigenvalue weighted by molar-refractivity contribution is -0.00168. The monoisotopic (exact) mass is 322 g/mol. The van der Waals surface area contributed by atoms with E-state index in [-0.39, 0.29) is 24.3 Å². The minimum atomic E-state index is -0.983. The van der Waals surface area contributed by atoms with Crippen molar-refractivity contribution in [2.75, 3.05) is 26.3 Å². The van der Waals surface area contributed by atoms with E-state index in [9.17, 15) is 9.59 Å². The van der Waals surface area contributed by atoms with E-state index in [4.69, 9.17) is 14.9 Å². The van der Waals surface area contributed by atoms with Crippen molar-refractivity contribution in [3.63, 3.8) is 0 Å². The second-order valence-electron chi connectivity index (χ2n) is 5.45. The molecule has 1 heterocycles. The predicted molar refractivity (Wildman–Crippen MR) is 83.3 cm³/mol. The number of urea groups is 1. The van der Waals surface area contributed by atoms with Gasteiger partial charge in [-0.15, -0.1) is 0 Å². The highest BCUT2D eigenvalue weighted by atomic mass is 16.5. The first-order chi connectivity index (χ1) is 11.1. The van der Waals surface area contributed by atoms with Gasteiger partial charge in [-0.3, -0.25) is 0 Å². The molecule has 0 bridgehead atoms. The SMILES string of the molecule is O=C(O)c1cccc(CNC(=O)N2CCC(OCCO)CC2)c1. The Morgan fingerprint density at radius 3 is 2.70 bits per heavy atom. The summed E-state index contributed by atoms with van der Waals surface area (Å²) in [6.45, 7) is 1.85. The largest absolute Gasteiger partial charge is 0.478 e. The number of carboxylic acid groups (broad SMARTS) is 1. The summed E-state index contributed by atoms with van der Waals surface area (Å²) in [6.07, 6.45) is 1.60. The summed E-state index contributed by atoms with van der Waals surface area (Å²) in [7, 11) is 0. The number of carbonyl (C=O) groups is 2. The Kier molecular flexibility index (Phi) is 6.37.